The van der Waals surface area contributed by atoms with Gasteiger partial charge in [0.25, 0.3) is 0 Å². The van der Waals surface area contributed by atoms with Crippen molar-refractivity contribution in [1.82, 2.24) is 5.32 Å². The summed E-state index contributed by atoms with van der Waals surface area (Å²) in [6.45, 7) is 0.989. The molecular weight excluding hydrogens is 194 g/mol. The zero-order valence-electron chi connectivity index (χ0n) is 9.00. The second-order valence-electron chi connectivity index (χ2n) is 4.41. The van der Waals surface area contributed by atoms with Gasteiger partial charge in [-0.3, -0.25) is 0 Å². The molecule has 0 aromatic rings. The predicted molar refractivity (Wildman–Crippen MR) is 61.9 cm³/mol. The molecule has 3 heteroatoms. The molecule has 2 unspecified atom stereocenters. The van der Waals surface area contributed by atoms with Crippen LogP contribution < -0.4 is 5.32 Å². The summed E-state index contributed by atoms with van der Waals surface area (Å²) in [5.74, 6) is 3.43. The van der Waals surface area contributed by atoms with Crippen molar-refractivity contribution < 1.29 is 4.74 Å². The number of ether oxygens (including phenoxy) is 1. The van der Waals surface area contributed by atoms with E-state index in [1.54, 1.807) is 0 Å². The molecule has 2 atom stereocenters. The highest BCUT2D eigenvalue weighted by atomic mass is 32.2. The third-order valence-electron chi connectivity index (χ3n) is 3.19. The smallest absolute Gasteiger partial charge is 0.0666 e. The van der Waals surface area contributed by atoms with Gasteiger partial charge in [-0.25, -0.2) is 0 Å². The van der Waals surface area contributed by atoms with Gasteiger partial charge in [0.05, 0.1) is 6.10 Å². The lowest BCUT2D eigenvalue weighted by Gasteiger charge is -2.16. The summed E-state index contributed by atoms with van der Waals surface area (Å²) in [6, 6.07) is 0.751. The first-order chi connectivity index (χ1) is 6.90. The van der Waals surface area contributed by atoms with Gasteiger partial charge < -0.3 is 10.1 Å². The van der Waals surface area contributed by atoms with Crippen LogP contribution in [0.4, 0.5) is 0 Å². The van der Waals surface area contributed by atoms with Crippen molar-refractivity contribution in [2.45, 2.75) is 37.8 Å². The quantitative estimate of drug-likeness (QED) is 0.731. The first-order valence-electron chi connectivity index (χ1n) is 5.76. The molecule has 82 valence electrons. The van der Waals surface area contributed by atoms with Gasteiger partial charge in [-0.15, -0.1) is 0 Å². The SMILES string of the molecule is CNC(CSCC1CCCO1)C1CC1. The first-order valence-corrected chi connectivity index (χ1v) is 6.92. The van der Waals surface area contributed by atoms with E-state index in [2.05, 4.69) is 24.1 Å². The number of hydrogen-bond donors (Lipinski definition) is 1. The third-order valence-corrected chi connectivity index (χ3v) is 4.39. The lowest BCUT2D eigenvalue weighted by Crippen LogP contribution is -2.30. The maximum Gasteiger partial charge on any atom is 0.0666 e. The number of hydrogen-bond acceptors (Lipinski definition) is 3. The fourth-order valence-electron chi connectivity index (χ4n) is 2.06. The maximum atomic E-state index is 5.60. The normalized spacial score (nSPS) is 29.4. The Morgan fingerprint density at radius 3 is 2.86 bits per heavy atom. The first kappa shape index (κ1) is 10.8. The Kier molecular flexibility index (Phi) is 4.14. The molecule has 1 heterocycles. The van der Waals surface area contributed by atoms with E-state index in [0.29, 0.717) is 6.10 Å². The number of thioether (sulfide) groups is 1. The highest BCUT2D eigenvalue weighted by Gasteiger charge is 2.30. The topological polar surface area (TPSA) is 21.3 Å². The van der Waals surface area contributed by atoms with Crippen molar-refractivity contribution in [1.29, 1.82) is 0 Å². The molecule has 14 heavy (non-hydrogen) atoms. The summed E-state index contributed by atoms with van der Waals surface area (Å²) < 4.78 is 5.60. The van der Waals surface area contributed by atoms with Crippen LogP contribution in [0.2, 0.25) is 0 Å². The molecule has 1 N–H and O–H groups in total. The van der Waals surface area contributed by atoms with E-state index in [1.165, 1.54) is 37.2 Å². The fourth-order valence-corrected chi connectivity index (χ4v) is 3.41. The van der Waals surface area contributed by atoms with Crippen molar-refractivity contribution >= 4 is 11.8 Å². The molecule has 2 nitrogen and oxygen atoms in total. The summed E-state index contributed by atoms with van der Waals surface area (Å²) in [5.41, 5.74) is 0. The van der Waals surface area contributed by atoms with Crippen LogP contribution in [0, 0.1) is 5.92 Å². The molecule has 2 rings (SSSR count). The van der Waals surface area contributed by atoms with E-state index in [4.69, 9.17) is 4.74 Å². The second kappa shape index (κ2) is 5.38. The van der Waals surface area contributed by atoms with Crippen LogP contribution in [-0.4, -0.2) is 37.3 Å². The Balaban J connectivity index is 1.56. The van der Waals surface area contributed by atoms with Crippen LogP contribution in [0.3, 0.4) is 0 Å². The lowest BCUT2D eigenvalue weighted by atomic mass is 10.2. The lowest BCUT2D eigenvalue weighted by molar-refractivity contribution is 0.129. The van der Waals surface area contributed by atoms with Gasteiger partial charge in [0.15, 0.2) is 0 Å². The third kappa shape index (κ3) is 3.14. The summed E-state index contributed by atoms with van der Waals surface area (Å²) >= 11 is 2.06. The molecule has 2 aliphatic rings. The van der Waals surface area contributed by atoms with Crippen molar-refractivity contribution in [3.8, 4) is 0 Å². The van der Waals surface area contributed by atoms with Crippen LogP contribution in [0.25, 0.3) is 0 Å². The molecule has 0 radical (unpaired) electrons. The van der Waals surface area contributed by atoms with Gasteiger partial charge in [-0.1, -0.05) is 0 Å². The van der Waals surface area contributed by atoms with Crippen molar-refractivity contribution in [2.75, 3.05) is 25.2 Å². The standard InChI is InChI=1S/C11H21NOS/c1-12-11(9-4-5-9)8-14-7-10-3-2-6-13-10/h9-12H,2-8H2,1H3. The van der Waals surface area contributed by atoms with Crippen molar-refractivity contribution in [2.24, 2.45) is 5.92 Å². The molecule has 1 aliphatic heterocycles. The van der Waals surface area contributed by atoms with Crippen LogP contribution >= 0.6 is 11.8 Å². The van der Waals surface area contributed by atoms with Gasteiger partial charge in [0.1, 0.15) is 0 Å². The molecule has 0 amide bonds. The maximum absolute atomic E-state index is 5.60. The molecule has 0 aromatic carbocycles. The van der Waals surface area contributed by atoms with Gasteiger partial charge in [0, 0.05) is 24.2 Å². The van der Waals surface area contributed by atoms with E-state index in [0.717, 1.165) is 18.6 Å². The average Bonchev–Trinajstić information content (AvgIpc) is 2.91. The minimum atomic E-state index is 0.553. The second-order valence-corrected chi connectivity index (χ2v) is 5.48. The molecule has 1 saturated carbocycles. The van der Waals surface area contributed by atoms with Gasteiger partial charge in [-0.2, -0.15) is 11.8 Å². The van der Waals surface area contributed by atoms with Gasteiger partial charge >= 0.3 is 0 Å². The van der Waals surface area contributed by atoms with E-state index in [1.807, 2.05) is 0 Å². The Morgan fingerprint density at radius 2 is 2.29 bits per heavy atom. The van der Waals surface area contributed by atoms with Crippen LogP contribution in [0.15, 0.2) is 0 Å². The van der Waals surface area contributed by atoms with E-state index in [-0.39, 0.29) is 0 Å². The minimum Gasteiger partial charge on any atom is -0.377 e. The monoisotopic (exact) mass is 215 g/mol. The fraction of sp³-hybridized carbons (Fsp3) is 1.00. The van der Waals surface area contributed by atoms with Crippen molar-refractivity contribution in [3.05, 3.63) is 0 Å². The van der Waals surface area contributed by atoms with Crippen molar-refractivity contribution in [3.63, 3.8) is 0 Å². The molecule has 0 aromatic heterocycles. The summed E-state index contributed by atoms with van der Waals surface area (Å²) in [7, 11) is 2.09. The Morgan fingerprint density at radius 1 is 1.43 bits per heavy atom. The Bertz CT molecular complexity index is 167. The Labute approximate surface area is 91.2 Å². The van der Waals surface area contributed by atoms with E-state index in [9.17, 15) is 0 Å². The van der Waals surface area contributed by atoms with E-state index >= 15 is 0 Å². The summed E-state index contributed by atoms with van der Waals surface area (Å²) in [5, 5.41) is 3.43. The molecule has 1 aliphatic carbocycles. The zero-order chi connectivity index (χ0) is 9.80. The zero-order valence-corrected chi connectivity index (χ0v) is 9.81. The minimum absolute atomic E-state index is 0.553. The average molecular weight is 215 g/mol. The molecule has 0 bridgehead atoms. The van der Waals surface area contributed by atoms with Crippen LogP contribution in [0.1, 0.15) is 25.7 Å². The molecule has 1 saturated heterocycles. The van der Waals surface area contributed by atoms with E-state index < -0.39 is 0 Å². The van der Waals surface area contributed by atoms with Crippen LogP contribution in [-0.2, 0) is 4.74 Å². The molecular formula is C11H21NOS. The number of rotatable bonds is 6. The predicted octanol–water partition coefficient (Wildman–Crippen LogP) is 1.90. The largest absolute Gasteiger partial charge is 0.377 e. The van der Waals surface area contributed by atoms with Gasteiger partial charge in [0.2, 0.25) is 0 Å². The van der Waals surface area contributed by atoms with Crippen LogP contribution in [0.5, 0.6) is 0 Å². The summed E-state index contributed by atoms with van der Waals surface area (Å²) in [6.07, 6.45) is 5.97. The highest BCUT2D eigenvalue weighted by molar-refractivity contribution is 7.99. The Hall–Kier alpha value is 0.270. The highest BCUT2D eigenvalue weighted by Crippen LogP contribution is 2.34. The van der Waals surface area contributed by atoms with Gasteiger partial charge in [-0.05, 0) is 38.6 Å². The molecule has 2 fully saturated rings. The number of nitrogens with one attached hydrogen (secondary N) is 1. The molecule has 0 spiro atoms. The summed E-state index contributed by atoms with van der Waals surface area (Å²) in [4.78, 5) is 0.